The van der Waals surface area contributed by atoms with E-state index in [1.54, 1.807) is 18.6 Å². The summed E-state index contributed by atoms with van der Waals surface area (Å²) in [4.78, 5) is 25.0. The minimum atomic E-state index is -0.304. The van der Waals surface area contributed by atoms with E-state index in [-0.39, 0.29) is 18.3 Å². The highest BCUT2D eigenvalue weighted by Crippen LogP contribution is 2.12. The van der Waals surface area contributed by atoms with E-state index in [1.165, 1.54) is 11.8 Å². The summed E-state index contributed by atoms with van der Waals surface area (Å²) in [5, 5.41) is 1.20. The van der Waals surface area contributed by atoms with Crippen LogP contribution in [0.5, 0.6) is 0 Å². The van der Waals surface area contributed by atoms with Crippen LogP contribution in [0.1, 0.15) is 5.69 Å². The maximum absolute atomic E-state index is 11.4. The first-order valence-corrected chi connectivity index (χ1v) is 6.18. The Kier molecular flexibility index (Phi) is 4.10. The summed E-state index contributed by atoms with van der Waals surface area (Å²) in [7, 11) is 0. The van der Waals surface area contributed by atoms with Gasteiger partial charge < -0.3 is 14.7 Å². The van der Waals surface area contributed by atoms with Gasteiger partial charge in [0.2, 0.25) is 0 Å². The van der Waals surface area contributed by atoms with E-state index in [0.29, 0.717) is 16.0 Å². The Morgan fingerprint density at radius 2 is 2.41 bits per heavy atom. The number of hydrogen-bond donors (Lipinski definition) is 3. The molecule has 0 unspecified atom stereocenters. The molecule has 17 heavy (non-hydrogen) atoms. The summed E-state index contributed by atoms with van der Waals surface area (Å²) in [5.41, 5.74) is 0.714. The number of nitrogens with zero attached hydrogens (tertiary/aromatic N) is 2. The van der Waals surface area contributed by atoms with Crippen LogP contribution in [-0.4, -0.2) is 31.7 Å². The molecule has 0 aromatic carbocycles. The van der Waals surface area contributed by atoms with E-state index >= 15 is 0 Å². The molecule has 2 heterocycles. The van der Waals surface area contributed by atoms with Crippen molar-refractivity contribution in [3.05, 3.63) is 24.3 Å². The van der Waals surface area contributed by atoms with Crippen LogP contribution in [0.15, 0.2) is 28.9 Å². The Bertz CT molecular complexity index is 483. The predicted octanol–water partition coefficient (Wildman–Crippen LogP) is 1.26. The molecule has 6 nitrogen and oxygen atoms in total. The molecule has 0 aliphatic carbocycles. The molecule has 0 saturated carbocycles. The Balaban J connectivity index is 1.71. The van der Waals surface area contributed by atoms with Crippen molar-refractivity contribution in [1.82, 2.24) is 19.9 Å². The Morgan fingerprint density at radius 3 is 3.06 bits per heavy atom. The van der Waals surface area contributed by atoms with Gasteiger partial charge in [-0.15, -0.1) is 12.6 Å². The predicted molar refractivity (Wildman–Crippen MR) is 64.9 cm³/mol. The minimum Gasteiger partial charge on any atom is -0.459 e. The van der Waals surface area contributed by atoms with Crippen molar-refractivity contribution in [3.63, 3.8) is 0 Å². The van der Waals surface area contributed by atoms with Crippen LogP contribution in [0, 0.1) is 0 Å². The van der Waals surface area contributed by atoms with E-state index in [0.717, 1.165) is 0 Å². The zero-order chi connectivity index (χ0) is 12.1. The fourth-order valence-electron chi connectivity index (χ4n) is 1.08. The van der Waals surface area contributed by atoms with Gasteiger partial charge in [0.25, 0.3) is 0 Å². The number of H-pyrrole nitrogens is 2. The molecule has 8 heteroatoms. The summed E-state index contributed by atoms with van der Waals surface area (Å²) in [5.74, 6) is -0.0863. The molecule has 0 aliphatic rings. The van der Waals surface area contributed by atoms with E-state index < -0.39 is 0 Å². The monoisotopic (exact) mass is 270 g/mol. The average molecular weight is 270 g/mol. The first-order chi connectivity index (χ1) is 8.24. The van der Waals surface area contributed by atoms with Crippen molar-refractivity contribution >= 4 is 30.4 Å². The lowest BCUT2D eigenvalue weighted by Gasteiger charge is -2.01. The first kappa shape index (κ1) is 12.1. The number of nitrogens with one attached hydrogen (secondary N) is 2. The number of hydrogen-bond acceptors (Lipinski definition) is 6. The van der Waals surface area contributed by atoms with E-state index in [1.807, 2.05) is 0 Å². The maximum atomic E-state index is 11.4. The molecule has 90 valence electrons. The maximum Gasteiger partial charge on any atom is 0.316 e. The molecular formula is C9H10N4O2S2. The number of ether oxygens (including phenoxy) is 1. The molecule has 0 spiro atoms. The molecule has 2 N–H and O–H groups in total. The van der Waals surface area contributed by atoms with E-state index in [9.17, 15) is 4.79 Å². The third kappa shape index (κ3) is 3.82. The van der Waals surface area contributed by atoms with E-state index in [4.69, 9.17) is 4.74 Å². The van der Waals surface area contributed by atoms with Gasteiger partial charge in [0.15, 0.2) is 10.3 Å². The summed E-state index contributed by atoms with van der Waals surface area (Å²) in [6, 6.07) is 0. The number of carbonyl (C=O) groups excluding carboxylic acids is 1. The van der Waals surface area contributed by atoms with Crippen molar-refractivity contribution < 1.29 is 9.53 Å². The van der Waals surface area contributed by atoms with Gasteiger partial charge >= 0.3 is 5.97 Å². The van der Waals surface area contributed by atoms with Gasteiger partial charge in [-0.2, -0.15) is 0 Å². The van der Waals surface area contributed by atoms with Crippen LogP contribution in [0.3, 0.4) is 0 Å². The third-order valence-electron chi connectivity index (χ3n) is 1.80. The number of rotatable bonds is 5. The van der Waals surface area contributed by atoms with Crippen LogP contribution in [0.4, 0.5) is 0 Å². The van der Waals surface area contributed by atoms with Crippen molar-refractivity contribution in [2.45, 2.75) is 16.9 Å². The lowest BCUT2D eigenvalue weighted by atomic mass is 10.5. The second kappa shape index (κ2) is 5.78. The SMILES string of the molecule is O=C(CSc1ncc[nH]1)OCc1cnc(S)[nH]1. The lowest BCUT2D eigenvalue weighted by Crippen LogP contribution is -2.07. The molecule has 0 atom stereocenters. The van der Waals surface area contributed by atoms with Gasteiger partial charge in [-0.25, -0.2) is 9.97 Å². The molecule has 2 aromatic rings. The van der Waals surface area contributed by atoms with Crippen LogP contribution in [-0.2, 0) is 16.1 Å². The fraction of sp³-hybridized carbons (Fsp3) is 0.222. The van der Waals surface area contributed by atoms with Gasteiger partial charge in [-0.3, -0.25) is 4.79 Å². The topological polar surface area (TPSA) is 83.7 Å². The second-order valence-electron chi connectivity index (χ2n) is 3.08. The fourth-order valence-corrected chi connectivity index (χ4v) is 1.90. The molecule has 0 radical (unpaired) electrons. The van der Waals surface area contributed by atoms with Gasteiger partial charge in [-0.05, 0) is 0 Å². The zero-order valence-corrected chi connectivity index (χ0v) is 10.4. The molecule has 0 saturated heterocycles. The molecule has 2 aromatic heterocycles. The Morgan fingerprint density at radius 1 is 1.53 bits per heavy atom. The molecular weight excluding hydrogens is 260 g/mol. The number of aromatic nitrogens is 4. The van der Waals surface area contributed by atoms with Crippen LogP contribution in [0.25, 0.3) is 0 Å². The first-order valence-electron chi connectivity index (χ1n) is 4.74. The van der Waals surface area contributed by atoms with E-state index in [2.05, 4.69) is 32.6 Å². The van der Waals surface area contributed by atoms with Crippen molar-refractivity contribution in [2.24, 2.45) is 0 Å². The lowest BCUT2D eigenvalue weighted by molar-refractivity contribution is -0.141. The smallest absolute Gasteiger partial charge is 0.316 e. The highest BCUT2D eigenvalue weighted by atomic mass is 32.2. The van der Waals surface area contributed by atoms with Crippen molar-refractivity contribution in [2.75, 3.05) is 5.75 Å². The zero-order valence-electron chi connectivity index (χ0n) is 8.71. The van der Waals surface area contributed by atoms with Gasteiger partial charge in [-0.1, -0.05) is 11.8 Å². The highest BCUT2D eigenvalue weighted by Gasteiger charge is 2.06. The quantitative estimate of drug-likeness (QED) is 0.433. The number of carbonyl (C=O) groups is 1. The average Bonchev–Trinajstić information content (AvgIpc) is 2.95. The van der Waals surface area contributed by atoms with Crippen molar-refractivity contribution in [3.8, 4) is 0 Å². The van der Waals surface area contributed by atoms with Gasteiger partial charge in [0.05, 0.1) is 17.6 Å². The Labute approximate surface area is 107 Å². The molecule has 0 amide bonds. The van der Waals surface area contributed by atoms with Crippen LogP contribution >= 0.6 is 24.4 Å². The largest absolute Gasteiger partial charge is 0.459 e. The standard InChI is InChI=1S/C9H10N4O2S2/c14-7(5-17-9-10-1-2-11-9)15-4-6-3-12-8(16)13-6/h1-3H,4-5H2,(H,10,11)(H2,12,13,16). The molecule has 0 bridgehead atoms. The summed E-state index contributed by atoms with van der Waals surface area (Å²) in [6.07, 6.45) is 4.91. The normalized spacial score (nSPS) is 10.4. The molecule has 0 aliphatic heterocycles. The summed E-state index contributed by atoms with van der Waals surface area (Å²) >= 11 is 5.30. The minimum absolute atomic E-state index is 0.172. The number of esters is 1. The van der Waals surface area contributed by atoms with Gasteiger partial charge in [0, 0.05) is 12.4 Å². The Hall–Kier alpha value is -1.41. The van der Waals surface area contributed by atoms with Crippen molar-refractivity contribution in [1.29, 1.82) is 0 Å². The van der Waals surface area contributed by atoms with Crippen LogP contribution < -0.4 is 0 Å². The molecule has 2 rings (SSSR count). The van der Waals surface area contributed by atoms with Gasteiger partial charge in [0.1, 0.15) is 6.61 Å². The van der Waals surface area contributed by atoms with Crippen LogP contribution in [0.2, 0.25) is 0 Å². The number of thiol groups is 1. The molecule has 0 fully saturated rings. The third-order valence-corrected chi connectivity index (χ3v) is 2.91. The second-order valence-corrected chi connectivity index (χ2v) is 4.46. The number of thioether (sulfide) groups is 1. The number of imidazole rings is 2. The number of aromatic amines is 2. The summed E-state index contributed by atoms with van der Waals surface area (Å²) in [6.45, 7) is 0.172. The summed E-state index contributed by atoms with van der Waals surface area (Å²) < 4.78 is 5.03. The highest BCUT2D eigenvalue weighted by molar-refractivity contribution is 7.99.